The second kappa shape index (κ2) is 7.53. The molecule has 0 spiro atoms. The molecule has 4 heteroatoms. The smallest absolute Gasteiger partial charge is 0.141 e. The maximum absolute atomic E-state index is 13.2. The summed E-state index contributed by atoms with van der Waals surface area (Å²) in [6.07, 6.45) is 1.52. The van der Waals surface area contributed by atoms with Gasteiger partial charge in [0.05, 0.1) is 5.02 Å². The van der Waals surface area contributed by atoms with E-state index in [4.69, 9.17) is 11.6 Å². The van der Waals surface area contributed by atoms with Crippen molar-refractivity contribution in [3.05, 3.63) is 70.2 Å². The standard InChI is InChI=1S/C17H18ClF2N/c1-2-21-15(9-12-3-6-14(19)7-4-12)10-13-5-8-17(20)16(18)11-13/h3-8,11,15,21H,2,9-10H2,1H3. The molecule has 2 rings (SSSR count). The highest BCUT2D eigenvalue weighted by atomic mass is 35.5. The molecule has 1 nitrogen and oxygen atoms in total. The van der Waals surface area contributed by atoms with Gasteiger partial charge < -0.3 is 5.32 Å². The molecule has 1 unspecified atom stereocenters. The normalized spacial score (nSPS) is 12.4. The van der Waals surface area contributed by atoms with Gasteiger partial charge in [0.2, 0.25) is 0 Å². The van der Waals surface area contributed by atoms with Gasteiger partial charge in [-0.3, -0.25) is 0 Å². The van der Waals surface area contributed by atoms with Crippen LogP contribution in [-0.4, -0.2) is 12.6 Å². The predicted octanol–water partition coefficient (Wildman–Crippen LogP) is 4.38. The van der Waals surface area contributed by atoms with Crippen LogP contribution in [0.3, 0.4) is 0 Å². The van der Waals surface area contributed by atoms with Crippen molar-refractivity contribution in [1.82, 2.24) is 5.32 Å². The van der Waals surface area contributed by atoms with Crippen LogP contribution in [0.25, 0.3) is 0 Å². The number of benzene rings is 2. The summed E-state index contributed by atoms with van der Waals surface area (Å²) in [6, 6.07) is 11.5. The summed E-state index contributed by atoms with van der Waals surface area (Å²) in [4.78, 5) is 0. The average molecular weight is 310 g/mol. The lowest BCUT2D eigenvalue weighted by Gasteiger charge is -2.18. The Morgan fingerprint density at radius 3 is 2.24 bits per heavy atom. The Hall–Kier alpha value is -1.45. The molecule has 112 valence electrons. The first-order valence-corrected chi connectivity index (χ1v) is 7.38. The summed E-state index contributed by atoms with van der Waals surface area (Å²) in [5.41, 5.74) is 2.05. The quantitative estimate of drug-likeness (QED) is 0.835. The number of rotatable bonds is 6. The predicted molar refractivity (Wildman–Crippen MR) is 82.7 cm³/mol. The first-order valence-electron chi connectivity index (χ1n) is 7.00. The summed E-state index contributed by atoms with van der Waals surface area (Å²) < 4.78 is 26.1. The summed E-state index contributed by atoms with van der Waals surface area (Å²) in [6.45, 7) is 2.87. The van der Waals surface area contributed by atoms with Crippen molar-refractivity contribution in [2.75, 3.05) is 6.54 Å². The molecule has 0 aliphatic heterocycles. The summed E-state index contributed by atoms with van der Waals surface area (Å²) in [5, 5.41) is 3.54. The fraction of sp³-hybridized carbons (Fsp3) is 0.294. The minimum atomic E-state index is -0.404. The highest BCUT2D eigenvalue weighted by Crippen LogP contribution is 2.18. The van der Waals surface area contributed by atoms with Gasteiger partial charge in [-0.1, -0.05) is 36.7 Å². The zero-order chi connectivity index (χ0) is 15.2. The molecule has 0 radical (unpaired) electrons. The molecule has 0 fully saturated rings. The van der Waals surface area contributed by atoms with Crippen molar-refractivity contribution in [3.63, 3.8) is 0 Å². The van der Waals surface area contributed by atoms with Crippen molar-refractivity contribution in [3.8, 4) is 0 Å². The van der Waals surface area contributed by atoms with Crippen LogP contribution in [0.5, 0.6) is 0 Å². The van der Waals surface area contributed by atoms with E-state index in [0.29, 0.717) is 0 Å². The first-order chi connectivity index (χ1) is 10.1. The molecular weight excluding hydrogens is 292 g/mol. The van der Waals surface area contributed by atoms with Gasteiger partial charge in [0.15, 0.2) is 0 Å². The summed E-state index contributed by atoms with van der Waals surface area (Å²) >= 11 is 5.81. The highest BCUT2D eigenvalue weighted by Gasteiger charge is 2.11. The Kier molecular flexibility index (Phi) is 5.71. The molecule has 2 aromatic carbocycles. The van der Waals surface area contributed by atoms with Gasteiger partial charge in [-0.05, 0) is 54.8 Å². The average Bonchev–Trinajstić information content (AvgIpc) is 2.46. The van der Waals surface area contributed by atoms with Crippen LogP contribution >= 0.6 is 11.6 Å². The monoisotopic (exact) mass is 309 g/mol. The molecular formula is C17H18ClF2N. The van der Waals surface area contributed by atoms with Crippen LogP contribution in [0.2, 0.25) is 5.02 Å². The third-order valence-electron chi connectivity index (χ3n) is 3.35. The maximum atomic E-state index is 13.2. The molecule has 0 aliphatic rings. The molecule has 0 saturated heterocycles. The number of hydrogen-bond donors (Lipinski definition) is 1. The van der Waals surface area contributed by atoms with E-state index in [0.717, 1.165) is 30.5 Å². The van der Waals surface area contributed by atoms with Crippen LogP contribution in [0.1, 0.15) is 18.1 Å². The highest BCUT2D eigenvalue weighted by molar-refractivity contribution is 6.30. The Bertz CT molecular complexity index is 584. The molecule has 0 heterocycles. The molecule has 1 N–H and O–H groups in total. The van der Waals surface area contributed by atoms with Gasteiger partial charge in [-0.2, -0.15) is 0 Å². The first kappa shape index (κ1) is 15.9. The van der Waals surface area contributed by atoms with E-state index in [2.05, 4.69) is 5.32 Å². The zero-order valence-corrected chi connectivity index (χ0v) is 12.6. The van der Waals surface area contributed by atoms with Crippen molar-refractivity contribution in [1.29, 1.82) is 0 Å². The van der Waals surface area contributed by atoms with Gasteiger partial charge >= 0.3 is 0 Å². The topological polar surface area (TPSA) is 12.0 Å². The maximum Gasteiger partial charge on any atom is 0.141 e. The largest absolute Gasteiger partial charge is 0.314 e. The third kappa shape index (κ3) is 4.80. The van der Waals surface area contributed by atoms with E-state index in [1.165, 1.54) is 18.2 Å². The SMILES string of the molecule is CCNC(Cc1ccc(F)cc1)Cc1ccc(F)c(Cl)c1. The Labute approximate surface area is 128 Å². The van der Waals surface area contributed by atoms with E-state index in [-0.39, 0.29) is 16.9 Å². The lowest BCUT2D eigenvalue weighted by atomic mass is 9.99. The van der Waals surface area contributed by atoms with Crippen LogP contribution in [-0.2, 0) is 12.8 Å². The Morgan fingerprint density at radius 2 is 1.62 bits per heavy atom. The second-order valence-electron chi connectivity index (χ2n) is 5.04. The minimum Gasteiger partial charge on any atom is -0.314 e. The molecule has 0 aliphatic carbocycles. The molecule has 1 atom stereocenters. The number of likely N-dealkylation sites (N-methyl/N-ethyl adjacent to an activating group) is 1. The van der Waals surface area contributed by atoms with Gasteiger partial charge in [-0.15, -0.1) is 0 Å². The van der Waals surface area contributed by atoms with Gasteiger partial charge in [0, 0.05) is 6.04 Å². The molecule has 2 aromatic rings. The van der Waals surface area contributed by atoms with E-state index >= 15 is 0 Å². The van der Waals surface area contributed by atoms with Gasteiger partial charge in [0.25, 0.3) is 0 Å². The van der Waals surface area contributed by atoms with Crippen LogP contribution < -0.4 is 5.32 Å². The van der Waals surface area contributed by atoms with E-state index in [1.54, 1.807) is 24.3 Å². The molecule has 21 heavy (non-hydrogen) atoms. The van der Waals surface area contributed by atoms with E-state index in [9.17, 15) is 8.78 Å². The summed E-state index contributed by atoms with van der Waals surface area (Å²) in [7, 11) is 0. The Morgan fingerprint density at radius 1 is 1.00 bits per heavy atom. The lowest BCUT2D eigenvalue weighted by molar-refractivity contribution is 0.520. The number of halogens is 3. The van der Waals surface area contributed by atoms with Crippen LogP contribution in [0.4, 0.5) is 8.78 Å². The molecule has 0 saturated carbocycles. The lowest BCUT2D eigenvalue weighted by Crippen LogP contribution is -2.33. The third-order valence-corrected chi connectivity index (χ3v) is 3.64. The molecule has 0 bridgehead atoms. The summed E-state index contributed by atoms with van der Waals surface area (Å²) in [5.74, 6) is -0.636. The number of nitrogens with one attached hydrogen (secondary N) is 1. The fourth-order valence-electron chi connectivity index (χ4n) is 2.36. The van der Waals surface area contributed by atoms with Crippen molar-refractivity contribution < 1.29 is 8.78 Å². The van der Waals surface area contributed by atoms with Gasteiger partial charge in [0.1, 0.15) is 11.6 Å². The fourth-order valence-corrected chi connectivity index (χ4v) is 2.56. The van der Waals surface area contributed by atoms with Crippen molar-refractivity contribution in [2.45, 2.75) is 25.8 Å². The van der Waals surface area contributed by atoms with E-state index < -0.39 is 5.82 Å². The minimum absolute atomic E-state index is 0.143. The van der Waals surface area contributed by atoms with E-state index in [1.807, 2.05) is 6.92 Å². The molecule has 0 amide bonds. The van der Waals surface area contributed by atoms with Crippen LogP contribution in [0, 0.1) is 11.6 Å². The van der Waals surface area contributed by atoms with Crippen LogP contribution in [0.15, 0.2) is 42.5 Å². The number of hydrogen-bond acceptors (Lipinski definition) is 1. The van der Waals surface area contributed by atoms with Gasteiger partial charge in [-0.25, -0.2) is 8.78 Å². The Balaban J connectivity index is 2.07. The van der Waals surface area contributed by atoms with Crippen molar-refractivity contribution >= 4 is 11.6 Å². The zero-order valence-electron chi connectivity index (χ0n) is 11.9. The second-order valence-corrected chi connectivity index (χ2v) is 5.44. The van der Waals surface area contributed by atoms with Crippen molar-refractivity contribution in [2.24, 2.45) is 0 Å². The molecule has 0 aromatic heterocycles.